The zero-order valence-corrected chi connectivity index (χ0v) is 6.12. The highest BCUT2D eigenvalue weighted by Crippen LogP contribution is 2.27. The molecule has 0 radical (unpaired) electrons. The first-order chi connectivity index (χ1) is 4.88. The van der Waals surface area contributed by atoms with E-state index in [2.05, 4.69) is 0 Å². The Morgan fingerprint density at radius 2 is 2.10 bits per heavy atom. The highest BCUT2D eigenvalue weighted by atomic mass is 16.3. The molecular formula is C8H14O2. The molecule has 1 aliphatic carbocycles. The summed E-state index contributed by atoms with van der Waals surface area (Å²) >= 11 is 0. The molecule has 0 aliphatic heterocycles. The van der Waals surface area contributed by atoms with Crippen molar-refractivity contribution in [1.29, 1.82) is 0 Å². The van der Waals surface area contributed by atoms with Crippen molar-refractivity contribution < 1.29 is 9.90 Å². The van der Waals surface area contributed by atoms with Gasteiger partial charge in [0.1, 0.15) is 6.29 Å². The number of aldehydes is 1. The van der Waals surface area contributed by atoms with Gasteiger partial charge in [-0.25, -0.2) is 0 Å². The molecule has 0 aromatic carbocycles. The topological polar surface area (TPSA) is 37.3 Å². The lowest BCUT2D eigenvalue weighted by Gasteiger charge is -2.25. The normalized spacial score (nSPS) is 33.7. The van der Waals surface area contributed by atoms with E-state index >= 15 is 0 Å². The highest BCUT2D eigenvalue weighted by Gasteiger charge is 2.23. The molecule has 2 nitrogen and oxygen atoms in total. The SMILES string of the molecule is O=C[C@@H]1CCCC[C@@H]1CO. The molecule has 2 heteroatoms. The third-order valence-corrected chi connectivity index (χ3v) is 2.38. The smallest absolute Gasteiger partial charge is 0.123 e. The summed E-state index contributed by atoms with van der Waals surface area (Å²) in [6.07, 6.45) is 5.34. The van der Waals surface area contributed by atoms with Crippen molar-refractivity contribution in [1.82, 2.24) is 0 Å². The maximum Gasteiger partial charge on any atom is 0.123 e. The number of aliphatic hydroxyl groups is 1. The van der Waals surface area contributed by atoms with Crippen LogP contribution in [0.25, 0.3) is 0 Å². The minimum absolute atomic E-state index is 0.138. The largest absolute Gasteiger partial charge is 0.396 e. The van der Waals surface area contributed by atoms with Crippen molar-refractivity contribution in [3.05, 3.63) is 0 Å². The number of carbonyl (C=O) groups is 1. The van der Waals surface area contributed by atoms with Crippen LogP contribution in [-0.4, -0.2) is 18.0 Å². The van der Waals surface area contributed by atoms with E-state index in [1.807, 2.05) is 0 Å². The van der Waals surface area contributed by atoms with Crippen molar-refractivity contribution in [3.8, 4) is 0 Å². The summed E-state index contributed by atoms with van der Waals surface area (Å²) in [5.41, 5.74) is 0. The first kappa shape index (κ1) is 7.73. The van der Waals surface area contributed by atoms with Gasteiger partial charge in [-0.2, -0.15) is 0 Å². The predicted molar refractivity (Wildman–Crippen MR) is 38.6 cm³/mol. The van der Waals surface area contributed by atoms with E-state index in [0.717, 1.165) is 25.5 Å². The molecule has 10 heavy (non-hydrogen) atoms. The van der Waals surface area contributed by atoms with Gasteiger partial charge in [0.15, 0.2) is 0 Å². The van der Waals surface area contributed by atoms with Crippen LogP contribution in [0, 0.1) is 11.8 Å². The molecule has 0 spiro atoms. The van der Waals surface area contributed by atoms with Crippen LogP contribution in [0.2, 0.25) is 0 Å². The summed E-state index contributed by atoms with van der Waals surface area (Å²) in [7, 11) is 0. The van der Waals surface area contributed by atoms with Gasteiger partial charge in [-0.3, -0.25) is 0 Å². The van der Waals surface area contributed by atoms with Crippen LogP contribution in [0.15, 0.2) is 0 Å². The van der Waals surface area contributed by atoms with E-state index in [4.69, 9.17) is 5.11 Å². The predicted octanol–water partition coefficient (Wildman–Crippen LogP) is 0.984. The Hall–Kier alpha value is -0.370. The average molecular weight is 142 g/mol. The van der Waals surface area contributed by atoms with Crippen LogP contribution >= 0.6 is 0 Å². The van der Waals surface area contributed by atoms with Gasteiger partial charge in [0.05, 0.1) is 0 Å². The lowest BCUT2D eigenvalue weighted by atomic mass is 9.81. The Bertz CT molecular complexity index is 112. The Balaban J connectivity index is 2.41. The summed E-state index contributed by atoms with van der Waals surface area (Å²) in [4.78, 5) is 10.4. The van der Waals surface area contributed by atoms with Crippen LogP contribution in [0.3, 0.4) is 0 Å². The number of hydrogen-bond donors (Lipinski definition) is 1. The van der Waals surface area contributed by atoms with Crippen LogP contribution in [0.4, 0.5) is 0 Å². The third-order valence-electron chi connectivity index (χ3n) is 2.38. The van der Waals surface area contributed by atoms with Crippen LogP contribution < -0.4 is 0 Å². The molecule has 0 aromatic heterocycles. The van der Waals surface area contributed by atoms with Gasteiger partial charge in [-0.1, -0.05) is 12.8 Å². The zero-order valence-electron chi connectivity index (χ0n) is 6.12. The summed E-state index contributed by atoms with van der Waals surface area (Å²) in [5.74, 6) is 0.394. The van der Waals surface area contributed by atoms with Gasteiger partial charge in [0.25, 0.3) is 0 Å². The molecule has 1 fully saturated rings. The molecule has 1 aliphatic rings. The molecule has 0 aromatic rings. The van der Waals surface area contributed by atoms with Gasteiger partial charge in [-0.15, -0.1) is 0 Å². The van der Waals surface area contributed by atoms with Crippen molar-refractivity contribution in [2.24, 2.45) is 11.8 Å². The number of carbonyl (C=O) groups excluding carboxylic acids is 1. The van der Waals surface area contributed by atoms with E-state index in [-0.39, 0.29) is 18.4 Å². The fourth-order valence-electron chi connectivity index (χ4n) is 1.64. The molecule has 0 unspecified atom stereocenters. The Kier molecular flexibility index (Phi) is 2.87. The molecular weight excluding hydrogens is 128 g/mol. The highest BCUT2D eigenvalue weighted by molar-refractivity contribution is 5.54. The van der Waals surface area contributed by atoms with Crippen LogP contribution in [0.1, 0.15) is 25.7 Å². The number of hydrogen-bond acceptors (Lipinski definition) is 2. The molecule has 0 saturated heterocycles. The van der Waals surface area contributed by atoms with Crippen molar-refractivity contribution in [3.63, 3.8) is 0 Å². The van der Waals surface area contributed by atoms with E-state index in [0.29, 0.717) is 0 Å². The Morgan fingerprint density at radius 1 is 1.40 bits per heavy atom. The second kappa shape index (κ2) is 3.71. The maximum absolute atomic E-state index is 10.4. The first-order valence-electron chi connectivity index (χ1n) is 3.94. The van der Waals surface area contributed by atoms with Crippen molar-refractivity contribution in [2.45, 2.75) is 25.7 Å². The third kappa shape index (κ3) is 1.57. The second-order valence-corrected chi connectivity index (χ2v) is 3.03. The van der Waals surface area contributed by atoms with Gasteiger partial charge >= 0.3 is 0 Å². The van der Waals surface area contributed by atoms with Gasteiger partial charge in [0.2, 0.25) is 0 Å². The molecule has 0 bridgehead atoms. The maximum atomic E-state index is 10.4. The van der Waals surface area contributed by atoms with Gasteiger partial charge < -0.3 is 9.90 Å². The molecule has 0 amide bonds. The lowest BCUT2D eigenvalue weighted by molar-refractivity contribution is -0.114. The number of aliphatic hydroxyl groups excluding tert-OH is 1. The Labute approximate surface area is 61.2 Å². The van der Waals surface area contributed by atoms with Gasteiger partial charge in [-0.05, 0) is 18.8 Å². The molecule has 2 atom stereocenters. The summed E-state index contributed by atoms with van der Waals surface area (Å²) < 4.78 is 0. The van der Waals surface area contributed by atoms with Gasteiger partial charge in [0, 0.05) is 12.5 Å². The first-order valence-corrected chi connectivity index (χ1v) is 3.94. The quantitative estimate of drug-likeness (QED) is 0.584. The van der Waals surface area contributed by atoms with E-state index < -0.39 is 0 Å². The van der Waals surface area contributed by atoms with Crippen LogP contribution in [0.5, 0.6) is 0 Å². The average Bonchev–Trinajstić information content (AvgIpc) is 2.04. The Morgan fingerprint density at radius 3 is 2.60 bits per heavy atom. The molecule has 58 valence electrons. The summed E-state index contributed by atoms with van der Waals surface area (Å²) in [6.45, 7) is 0.184. The number of rotatable bonds is 2. The fraction of sp³-hybridized carbons (Fsp3) is 0.875. The minimum Gasteiger partial charge on any atom is -0.396 e. The molecule has 1 rings (SSSR count). The lowest BCUT2D eigenvalue weighted by Crippen LogP contribution is -2.23. The second-order valence-electron chi connectivity index (χ2n) is 3.03. The van der Waals surface area contributed by atoms with Crippen molar-refractivity contribution >= 4 is 6.29 Å². The molecule has 0 heterocycles. The van der Waals surface area contributed by atoms with E-state index in [1.165, 1.54) is 6.42 Å². The zero-order chi connectivity index (χ0) is 7.40. The summed E-state index contributed by atoms with van der Waals surface area (Å²) in [6, 6.07) is 0. The fourth-order valence-corrected chi connectivity index (χ4v) is 1.64. The molecule has 1 saturated carbocycles. The van der Waals surface area contributed by atoms with Crippen molar-refractivity contribution in [2.75, 3.05) is 6.61 Å². The molecule has 1 N–H and O–H groups in total. The standard InChI is InChI=1S/C8H14O2/c9-5-7-3-1-2-4-8(7)6-10/h5,7-8,10H,1-4,6H2/t7-,8+/m0/s1. The summed E-state index contributed by atoms with van der Waals surface area (Å²) in [5, 5.41) is 8.83. The minimum atomic E-state index is 0.138. The monoisotopic (exact) mass is 142 g/mol. The van der Waals surface area contributed by atoms with Crippen LogP contribution in [-0.2, 0) is 4.79 Å². The van der Waals surface area contributed by atoms with E-state index in [1.54, 1.807) is 0 Å². The van der Waals surface area contributed by atoms with E-state index in [9.17, 15) is 4.79 Å².